The van der Waals surface area contributed by atoms with Crippen LogP contribution in [-0.2, 0) is 17.9 Å². The molecule has 6 rings (SSSR count). The van der Waals surface area contributed by atoms with Crippen molar-refractivity contribution in [3.05, 3.63) is 71.5 Å². The van der Waals surface area contributed by atoms with E-state index in [-0.39, 0.29) is 10.8 Å². The minimum Gasteiger partial charge on any atom is -0.453 e. The Kier molecular flexibility index (Phi) is 3.83. The maximum atomic E-state index is 6.85. The number of rotatable bonds is 1. The molecule has 0 amide bonds. The van der Waals surface area contributed by atoms with Gasteiger partial charge in [0.1, 0.15) is 5.58 Å². The quantitative estimate of drug-likeness (QED) is 0.266. The fraction of sp³-hybridized carbons (Fsp3) is 0.345. The summed E-state index contributed by atoms with van der Waals surface area (Å²) in [6.45, 7) is 11.7. The van der Waals surface area contributed by atoms with E-state index in [0.29, 0.717) is 0 Å². The molecule has 5 aromatic rings. The molecule has 0 bridgehead atoms. The number of hydrogen-bond acceptors (Lipinski definition) is 1. The first-order valence-corrected chi connectivity index (χ1v) is 11.7. The summed E-state index contributed by atoms with van der Waals surface area (Å²) in [5.74, 6) is 0. The monoisotopic (exact) mass is 423 g/mol. The van der Waals surface area contributed by atoms with Crippen molar-refractivity contribution in [3.8, 4) is 5.69 Å². The summed E-state index contributed by atoms with van der Waals surface area (Å²) in [7, 11) is 2.07. The normalized spacial score (nSPS) is 17.3. The molecule has 2 aromatic heterocycles. The molecular formula is C29H31N2O+. The van der Waals surface area contributed by atoms with Crippen LogP contribution in [0, 0.1) is 6.92 Å². The van der Waals surface area contributed by atoms with Gasteiger partial charge in [-0.3, -0.25) is 0 Å². The van der Waals surface area contributed by atoms with E-state index in [9.17, 15) is 0 Å². The van der Waals surface area contributed by atoms with E-state index in [2.05, 4.69) is 106 Å². The van der Waals surface area contributed by atoms with E-state index in [0.717, 1.165) is 16.9 Å². The standard InChI is InChI=1S/C29H31N2O/c1-18-8-11-21-20-12-9-19-10-13-22-24(29(4,5)15-14-28(22,2)3)23(19)26(20)32-27(21)25(18)31-17-7-16-30(31)6/h7-13,16-17H,14-15H2,1-6H3/q+1. The molecule has 0 saturated heterocycles. The average molecular weight is 424 g/mol. The molecule has 3 nitrogen and oxygen atoms in total. The van der Waals surface area contributed by atoms with Crippen LogP contribution >= 0.6 is 0 Å². The van der Waals surface area contributed by atoms with Crippen molar-refractivity contribution < 1.29 is 9.10 Å². The number of benzene rings is 3. The molecule has 0 radical (unpaired) electrons. The summed E-state index contributed by atoms with van der Waals surface area (Å²) in [5, 5.41) is 4.96. The zero-order valence-corrected chi connectivity index (χ0v) is 19.9. The van der Waals surface area contributed by atoms with Crippen LogP contribution < -0.4 is 4.68 Å². The van der Waals surface area contributed by atoms with Gasteiger partial charge in [-0.15, -0.1) is 9.36 Å². The van der Waals surface area contributed by atoms with Gasteiger partial charge in [-0.05, 0) is 58.7 Å². The molecule has 2 heterocycles. The van der Waals surface area contributed by atoms with Gasteiger partial charge in [-0.1, -0.05) is 58.0 Å². The number of hydrogen-bond donors (Lipinski definition) is 0. The molecule has 1 aliphatic carbocycles. The predicted octanol–water partition coefficient (Wildman–Crippen LogP) is 7.01. The van der Waals surface area contributed by atoms with Crippen LogP contribution in [-0.4, -0.2) is 4.68 Å². The molecule has 3 heteroatoms. The summed E-state index contributed by atoms with van der Waals surface area (Å²) in [6.07, 6.45) is 6.56. The smallest absolute Gasteiger partial charge is 0.195 e. The van der Waals surface area contributed by atoms with Gasteiger partial charge in [-0.25, -0.2) is 0 Å². The second-order valence-corrected chi connectivity index (χ2v) is 10.9. The Bertz CT molecular complexity index is 1540. The van der Waals surface area contributed by atoms with Crippen molar-refractivity contribution in [2.24, 2.45) is 7.05 Å². The third kappa shape index (κ3) is 2.51. The third-order valence-corrected chi connectivity index (χ3v) is 7.85. The molecule has 0 fully saturated rings. The Balaban J connectivity index is 1.81. The van der Waals surface area contributed by atoms with Gasteiger partial charge >= 0.3 is 0 Å². The van der Waals surface area contributed by atoms with Gasteiger partial charge in [0.25, 0.3) is 0 Å². The zero-order valence-electron chi connectivity index (χ0n) is 19.9. The number of furan rings is 1. The fourth-order valence-corrected chi connectivity index (χ4v) is 5.88. The second-order valence-electron chi connectivity index (χ2n) is 10.9. The van der Waals surface area contributed by atoms with Crippen LogP contribution in [0.3, 0.4) is 0 Å². The summed E-state index contributed by atoms with van der Waals surface area (Å²) in [4.78, 5) is 0. The molecule has 0 unspecified atom stereocenters. The minimum absolute atomic E-state index is 0.114. The fourth-order valence-electron chi connectivity index (χ4n) is 5.88. The Hall–Kier alpha value is -3.07. The highest BCUT2D eigenvalue weighted by Gasteiger charge is 2.39. The first kappa shape index (κ1) is 19.6. The van der Waals surface area contributed by atoms with Gasteiger partial charge in [-0.2, -0.15) is 0 Å². The lowest BCUT2D eigenvalue weighted by Gasteiger charge is -2.42. The van der Waals surface area contributed by atoms with E-state index in [1.54, 1.807) is 0 Å². The molecule has 162 valence electrons. The first-order chi connectivity index (χ1) is 15.2. The summed E-state index contributed by atoms with van der Waals surface area (Å²) in [6, 6.07) is 15.7. The van der Waals surface area contributed by atoms with E-state index >= 15 is 0 Å². The molecule has 0 aliphatic heterocycles. The second kappa shape index (κ2) is 6.25. The van der Waals surface area contributed by atoms with E-state index in [1.165, 1.54) is 51.1 Å². The van der Waals surface area contributed by atoms with Gasteiger partial charge in [0.15, 0.2) is 24.5 Å². The molecule has 0 spiro atoms. The predicted molar refractivity (Wildman–Crippen MR) is 132 cm³/mol. The van der Waals surface area contributed by atoms with Crippen LogP contribution in [0.5, 0.6) is 0 Å². The highest BCUT2D eigenvalue weighted by Crippen LogP contribution is 2.50. The Morgan fingerprint density at radius 2 is 1.56 bits per heavy atom. The zero-order chi connectivity index (χ0) is 22.4. The topological polar surface area (TPSA) is 21.9 Å². The maximum Gasteiger partial charge on any atom is 0.195 e. The lowest BCUT2D eigenvalue weighted by Crippen LogP contribution is -2.37. The largest absolute Gasteiger partial charge is 0.453 e. The Morgan fingerprint density at radius 1 is 0.875 bits per heavy atom. The van der Waals surface area contributed by atoms with E-state index < -0.39 is 0 Å². The highest BCUT2D eigenvalue weighted by atomic mass is 16.3. The van der Waals surface area contributed by atoms with Crippen LogP contribution in [0.2, 0.25) is 0 Å². The highest BCUT2D eigenvalue weighted by molar-refractivity contribution is 6.17. The lowest BCUT2D eigenvalue weighted by molar-refractivity contribution is -0.744. The van der Waals surface area contributed by atoms with Gasteiger partial charge < -0.3 is 4.42 Å². The van der Waals surface area contributed by atoms with E-state index in [1.807, 2.05) is 0 Å². The molecule has 0 N–H and O–H groups in total. The van der Waals surface area contributed by atoms with Crippen molar-refractivity contribution in [2.45, 2.75) is 58.3 Å². The molecule has 3 aromatic carbocycles. The Labute approximate surface area is 189 Å². The van der Waals surface area contributed by atoms with Crippen molar-refractivity contribution in [1.29, 1.82) is 0 Å². The molecule has 0 atom stereocenters. The van der Waals surface area contributed by atoms with Crippen LogP contribution in [0.4, 0.5) is 0 Å². The molecule has 0 saturated carbocycles. The van der Waals surface area contributed by atoms with Crippen molar-refractivity contribution in [2.75, 3.05) is 0 Å². The SMILES string of the molecule is Cc1ccc2c(oc3c2ccc2ccc4c(c23)C(C)(C)CCC4(C)C)c1-n1ccc[n+]1C. The third-order valence-electron chi connectivity index (χ3n) is 7.85. The van der Waals surface area contributed by atoms with Crippen molar-refractivity contribution >= 4 is 32.7 Å². The average Bonchev–Trinajstić information content (AvgIpc) is 3.34. The molecule has 32 heavy (non-hydrogen) atoms. The van der Waals surface area contributed by atoms with Crippen LogP contribution in [0.15, 0.2) is 59.3 Å². The number of aryl methyl sites for hydroxylation is 2. The van der Waals surface area contributed by atoms with Crippen molar-refractivity contribution in [1.82, 2.24) is 4.68 Å². The summed E-state index contributed by atoms with van der Waals surface area (Å²) < 4.78 is 11.1. The van der Waals surface area contributed by atoms with Gasteiger partial charge in [0.2, 0.25) is 0 Å². The van der Waals surface area contributed by atoms with Crippen LogP contribution in [0.1, 0.15) is 57.2 Å². The maximum absolute atomic E-state index is 6.85. The van der Waals surface area contributed by atoms with Gasteiger partial charge in [0.05, 0.1) is 6.20 Å². The summed E-state index contributed by atoms with van der Waals surface area (Å²) >= 11 is 0. The molecular weight excluding hydrogens is 392 g/mol. The summed E-state index contributed by atoms with van der Waals surface area (Å²) in [5.41, 5.74) is 7.55. The number of fused-ring (bicyclic) bond motifs is 7. The first-order valence-electron chi connectivity index (χ1n) is 11.7. The number of nitrogens with zero attached hydrogens (tertiary/aromatic N) is 2. The molecule has 1 aliphatic rings. The van der Waals surface area contributed by atoms with E-state index in [4.69, 9.17) is 4.42 Å². The van der Waals surface area contributed by atoms with Gasteiger partial charge in [0, 0.05) is 22.2 Å². The van der Waals surface area contributed by atoms with Crippen LogP contribution in [0.25, 0.3) is 38.4 Å². The minimum atomic E-state index is 0.114. The Morgan fingerprint density at radius 3 is 2.31 bits per heavy atom. The van der Waals surface area contributed by atoms with Crippen molar-refractivity contribution in [3.63, 3.8) is 0 Å². The number of aromatic nitrogens is 2. The lowest BCUT2D eigenvalue weighted by atomic mass is 9.62.